The highest BCUT2D eigenvalue weighted by Crippen LogP contribution is 2.57. The van der Waals surface area contributed by atoms with Crippen LogP contribution < -0.4 is 0 Å². The Morgan fingerprint density at radius 1 is 0.872 bits per heavy atom. The maximum Gasteiger partial charge on any atom is 0.392 e. The lowest BCUT2D eigenvalue weighted by molar-refractivity contribution is -0.204. The Hall–Kier alpha value is -0.550. The van der Waals surface area contributed by atoms with Crippen LogP contribution in [0.5, 0.6) is 0 Å². The van der Waals surface area contributed by atoms with Gasteiger partial charge in [0.05, 0.1) is 12.0 Å². The van der Waals surface area contributed by atoms with Gasteiger partial charge in [-0.15, -0.1) is 0 Å². The van der Waals surface area contributed by atoms with E-state index in [-0.39, 0.29) is 24.2 Å². The van der Waals surface area contributed by atoms with Crippen molar-refractivity contribution in [2.24, 2.45) is 59.2 Å². The summed E-state index contributed by atoms with van der Waals surface area (Å²) < 4.78 is 48.1. The molecule has 1 aliphatic heterocycles. The van der Waals surface area contributed by atoms with Crippen molar-refractivity contribution in [1.82, 2.24) is 0 Å². The fourth-order valence-corrected chi connectivity index (χ4v) is 10.3. The monoisotopic (exact) mass is 550 g/mol. The maximum atomic E-state index is 14.2. The van der Waals surface area contributed by atoms with Crippen molar-refractivity contribution < 1.29 is 23.0 Å². The lowest BCUT2D eigenvalue weighted by Crippen LogP contribution is -2.40. The number of allylic oxidation sites excluding steroid dienone is 2. The van der Waals surface area contributed by atoms with Gasteiger partial charge in [-0.1, -0.05) is 50.2 Å². The summed E-state index contributed by atoms with van der Waals surface area (Å²) in [5.74, 6) is 3.09. The van der Waals surface area contributed by atoms with E-state index in [0.29, 0.717) is 56.1 Å². The zero-order valence-electron chi connectivity index (χ0n) is 24.3. The molecule has 0 spiro atoms. The molecule has 39 heavy (non-hydrogen) atoms. The van der Waals surface area contributed by atoms with Gasteiger partial charge < -0.3 is 9.84 Å². The molecule has 1 heterocycles. The van der Waals surface area contributed by atoms with Gasteiger partial charge in [-0.3, -0.25) is 0 Å². The summed E-state index contributed by atoms with van der Waals surface area (Å²) in [5.41, 5.74) is 3.56. The molecule has 2 nitrogen and oxygen atoms in total. The SMILES string of the molecule is CC1CCC(C(O)CC2CCC(CC3CCOCC3)C(C(F)(F)F)C2)CC1C1CC2CCCCC2CC2=C1C2. The lowest BCUT2D eigenvalue weighted by atomic mass is 9.63. The van der Waals surface area contributed by atoms with Gasteiger partial charge in [0.15, 0.2) is 0 Å². The minimum absolute atomic E-state index is 0.00832. The number of aliphatic hydroxyl groups is 1. The normalized spacial score (nSPS) is 42.8. The van der Waals surface area contributed by atoms with Gasteiger partial charge in [-0.25, -0.2) is 0 Å². The van der Waals surface area contributed by atoms with Crippen molar-refractivity contribution in [3.05, 3.63) is 11.1 Å². The van der Waals surface area contributed by atoms with Crippen LogP contribution in [-0.2, 0) is 4.74 Å². The van der Waals surface area contributed by atoms with Gasteiger partial charge >= 0.3 is 6.18 Å². The summed E-state index contributed by atoms with van der Waals surface area (Å²) in [7, 11) is 0. The third kappa shape index (κ3) is 6.60. The highest BCUT2D eigenvalue weighted by Gasteiger charge is 2.49. The van der Waals surface area contributed by atoms with Crippen LogP contribution in [0.2, 0.25) is 0 Å². The molecule has 0 aromatic rings. The van der Waals surface area contributed by atoms with Crippen LogP contribution in [-0.4, -0.2) is 30.6 Å². The Balaban J connectivity index is 1.06. The van der Waals surface area contributed by atoms with Crippen LogP contribution in [0, 0.1) is 59.2 Å². The van der Waals surface area contributed by atoms with Gasteiger partial charge in [-0.05, 0) is 130 Å². The smallest absolute Gasteiger partial charge is 0.392 e. The number of aliphatic hydroxyl groups excluding tert-OH is 1. The van der Waals surface area contributed by atoms with E-state index >= 15 is 0 Å². The molecule has 0 aromatic heterocycles. The fraction of sp³-hybridized carbons (Fsp3) is 0.941. The molecule has 0 bridgehead atoms. The third-order valence-corrected chi connectivity index (χ3v) is 12.7. The van der Waals surface area contributed by atoms with E-state index in [0.717, 1.165) is 43.9 Å². The molecule has 5 aliphatic carbocycles. The van der Waals surface area contributed by atoms with Crippen LogP contribution in [0.4, 0.5) is 13.2 Å². The Labute approximate surface area is 234 Å². The van der Waals surface area contributed by atoms with Crippen LogP contribution >= 0.6 is 0 Å². The van der Waals surface area contributed by atoms with E-state index in [2.05, 4.69) is 6.92 Å². The van der Waals surface area contributed by atoms with Crippen LogP contribution in [0.25, 0.3) is 0 Å². The number of fused-ring (bicyclic) bond motifs is 1. The molecule has 0 radical (unpaired) electrons. The predicted octanol–water partition coefficient (Wildman–Crippen LogP) is 9.12. The number of hydrogen-bond acceptors (Lipinski definition) is 2. The fourth-order valence-electron chi connectivity index (χ4n) is 10.3. The quantitative estimate of drug-likeness (QED) is 0.334. The zero-order chi connectivity index (χ0) is 27.1. The molecule has 10 atom stereocenters. The highest BCUT2D eigenvalue weighted by atomic mass is 19.4. The second-order valence-corrected chi connectivity index (χ2v) is 15.1. The molecule has 1 N–H and O–H groups in total. The Kier molecular flexibility index (Phi) is 8.77. The first kappa shape index (κ1) is 28.6. The summed E-state index contributed by atoms with van der Waals surface area (Å²) in [6, 6.07) is 0. The van der Waals surface area contributed by atoms with E-state index < -0.39 is 18.2 Å². The molecule has 0 aromatic carbocycles. The average molecular weight is 551 g/mol. The molecule has 3 saturated carbocycles. The molecule has 222 valence electrons. The second-order valence-electron chi connectivity index (χ2n) is 15.1. The standard InChI is InChI=1S/C34H53F3O2/c1-21-6-8-27(19-29(21)31-18-25-5-3-2-4-24(25)17-28-20-30(28)31)33(38)16-23-7-9-26(32(15-23)34(35,36)37)14-22-10-12-39-13-11-22/h21-27,29,31-33,38H,2-20H2,1H3. The number of halogens is 3. The highest BCUT2D eigenvalue weighted by molar-refractivity contribution is 5.39. The van der Waals surface area contributed by atoms with Gasteiger partial charge in [0.1, 0.15) is 0 Å². The van der Waals surface area contributed by atoms with Crippen molar-refractivity contribution in [3.8, 4) is 0 Å². The Morgan fingerprint density at radius 3 is 2.41 bits per heavy atom. The van der Waals surface area contributed by atoms with E-state index in [4.69, 9.17) is 4.74 Å². The van der Waals surface area contributed by atoms with Gasteiger partial charge in [0, 0.05) is 13.2 Å². The van der Waals surface area contributed by atoms with Crippen molar-refractivity contribution in [1.29, 1.82) is 0 Å². The first-order valence-electron chi connectivity index (χ1n) is 16.8. The van der Waals surface area contributed by atoms with Crippen molar-refractivity contribution in [3.63, 3.8) is 0 Å². The largest absolute Gasteiger partial charge is 0.393 e. The van der Waals surface area contributed by atoms with Crippen molar-refractivity contribution in [2.45, 2.75) is 128 Å². The summed E-state index contributed by atoms with van der Waals surface area (Å²) in [6.07, 6.45) is 13.2. The number of alkyl halides is 3. The molecule has 6 aliphatic rings. The third-order valence-electron chi connectivity index (χ3n) is 12.7. The minimum Gasteiger partial charge on any atom is -0.393 e. The molecule has 5 heteroatoms. The Morgan fingerprint density at radius 2 is 1.64 bits per heavy atom. The topological polar surface area (TPSA) is 29.5 Å². The van der Waals surface area contributed by atoms with E-state index in [1.165, 1.54) is 51.4 Å². The first-order chi connectivity index (χ1) is 18.8. The average Bonchev–Trinajstić information content (AvgIpc) is 3.69. The summed E-state index contributed by atoms with van der Waals surface area (Å²) in [6.45, 7) is 3.84. The van der Waals surface area contributed by atoms with E-state index in [1.807, 2.05) is 0 Å². The Bertz CT molecular complexity index is 861. The van der Waals surface area contributed by atoms with Crippen molar-refractivity contribution in [2.75, 3.05) is 13.2 Å². The lowest BCUT2D eigenvalue weighted by Gasteiger charge is -2.43. The molecule has 1 saturated heterocycles. The number of hydrogen-bond donors (Lipinski definition) is 1. The van der Waals surface area contributed by atoms with Gasteiger partial charge in [0.25, 0.3) is 0 Å². The number of ether oxygens (including phenoxy) is 1. The van der Waals surface area contributed by atoms with Gasteiger partial charge in [0.2, 0.25) is 0 Å². The first-order valence-corrected chi connectivity index (χ1v) is 16.8. The molecular formula is C34H53F3O2. The summed E-state index contributed by atoms with van der Waals surface area (Å²) in [4.78, 5) is 0. The predicted molar refractivity (Wildman–Crippen MR) is 149 cm³/mol. The number of rotatable bonds is 6. The van der Waals surface area contributed by atoms with Crippen LogP contribution in [0.3, 0.4) is 0 Å². The minimum atomic E-state index is -4.13. The summed E-state index contributed by atoms with van der Waals surface area (Å²) in [5, 5.41) is 11.5. The van der Waals surface area contributed by atoms with Gasteiger partial charge in [-0.2, -0.15) is 13.2 Å². The zero-order valence-corrected chi connectivity index (χ0v) is 24.3. The van der Waals surface area contributed by atoms with E-state index in [9.17, 15) is 18.3 Å². The summed E-state index contributed by atoms with van der Waals surface area (Å²) >= 11 is 0. The molecule has 4 fully saturated rings. The van der Waals surface area contributed by atoms with E-state index in [1.54, 1.807) is 11.1 Å². The molecular weight excluding hydrogens is 497 g/mol. The van der Waals surface area contributed by atoms with Crippen molar-refractivity contribution >= 4 is 0 Å². The molecule has 0 amide bonds. The molecule has 10 unspecified atom stereocenters. The van der Waals surface area contributed by atoms with Crippen LogP contribution in [0.1, 0.15) is 116 Å². The molecule has 6 rings (SSSR count). The maximum absolute atomic E-state index is 14.2. The second kappa shape index (κ2) is 12.0. The van der Waals surface area contributed by atoms with Crippen LogP contribution in [0.15, 0.2) is 11.1 Å².